The third kappa shape index (κ3) is 3.92. The Morgan fingerprint density at radius 2 is 2.06 bits per heavy atom. The van der Waals surface area contributed by atoms with E-state index in [-0.39, 0.29) is 11.1 Å². The summed E-state index contributed by atoms with van der Waals surface area (Å²) in [4.78, 5) is 3.59. The van der Waals surface area contributed by atoms with E-state index in [1.165, 1.54) is 11.8 Å². The van der Waals surface area contributed by atoms with Crippen molar-refractivity contribution in [3.8, 4) is 0 Å². The van der Waals surface area contributed by atoms with Crippen molar-refractivity contribution < 1.29 is 0 Å². The average Bonchev–Trinajstić information content (AvgIpc) is 2.19. The number of hydrogen-bond donors (Lipinski definition) is 3. The van der Waals surface area contributed by atoms with E-state index < -0.39 is 0 Å². The van der Waals surface area contributed by atoms with Crippen molar-refractivity contribution >= 4 is 46.1 Å². The summed E-state index contributed by atoms with van der Waals surface area (Å²) in [5.74, 6) is 0.365. The van der Waals surface area contributed by atoms with Gasteiger partial charge in [-0.05, 0) is 11.6 Å². The Morgan fingerprint density at radius 1 is 1.38 bits per heavy atom. The highest BCUT2D eigenvalue weighted by Gasteiger charge is 2.05. The standard InChI is InChI=1S/C9H10Cl2N4S/c10-6-3-1-2-5(7(6)11)4-16-9(14)15-8(12)13/h1-3H,4H2,(H5,12,13,14,15). The third-order valence-corrected chi connectivity index (χ3v) is 3.30. The highest BCUT2D eigenvalue weighted by atomic mass is 35.5. The summed E-state index contributed by atoms with van der Waals surface area (Å²) in [6.07, 6.45) is 0. The summed E-state index contributed by atoms with van der Waals surface area (Å²) in [5, 5.41) is 8.46. The van der Waals surface area contributed by atoms with Gasteiger partial charge in [0.15, 0.2) is 11.1 Å². The molecular weight excluding hydrogens is 267 g/mol. The summed E-state index contributed by atoms with van der Waals surface area (Å²) >= 11 is 13.0. The zero-order chi connectivity index (χ0) is 12.1. The Bertz CT molecular complexity index is 430. The molecule has 86 valence electrons. The lowest BCUT2D eigenvalue weighted by Gasteiger charge is -2.04. The summed E-state index contributed by atoms with van der Waals surface area (Å²) in [6.45, 7) is 0. The largest absolute Gasteiger partial charge is 0.370 e. The van der Waals surface area contributed by atoms with Crippen LogP contribution in [0.5, 0.6) is 0 Å². The molecule has 0 spiro atoms. The first-order valence-corrected chi connectivity index (χ1v) is 5.98. The minimum atomic E-state index is -0.130. The lowest BCUT2D eigenvalue weighted by molar-refractivity contribution is 1.41. The number of nitrogens with two attached hydrogens (primary N) is 2. The van der Waals surface area contributed by atoms with Gasteiger partial charge in [-0.3, -0.25) is 5.41 Å². The quantitative estimate of drug-likeness (QED) is 0.573. The van der Waals surface area contributed by atoms with Gasteiger partial charge in [0.1, 0.15) is 0 Å². The molecule has 0 aliphatic rings. The fourth-order valence-corrected chi connectivity index (χ4v) is 2.12. The fourth-order valence-electron chi connectivity index (χ4n) is 0.956. The molecule has 1 rings (SSSR count). The van der Waals surface area contributed by atoms with E-state index in [2.05, 4.69) is 4.99 Å². The molecule has 0 unspecified atom stereocenters. The van der Waals surface area contributed by atoms with E-state index in [4.69, 9.17) is 40.1 Å². The van der Waals surface area contributed by atoms with Crippen LogP contribution in [0.1, 0.15) is 5.56 Å². The maximum Gasteiger partial charge on any atom is 0.193 e. The van der Waals surface area contributed by atoms with Gasteiger partial charge >= 0.3 is 0 Å². The Labute approximate surface area is 108 Å². The molecule has 0 bridgehead atoms. The van der Waals surface area contributed by atoms with Crippen molar-refractivity contribution in [1.82, 2.24) is 0 Å². The van der Waals surface area contributed by atoms with Crippen LogP contribution in [0.2, 0.25) is 10.0 Å². The van der Waals surface area contributed by atoms with Crippen LogP contribution in [-0.4, -0.2) is 11.1 Å². The second-order valence-corrected chi connectivity index (χ2v) is 4.59. The van der Waals surface area contributed by atoms with Crippen molar-refractivity contribution in [3.63, 3.8) is 0 Å². The van der Waals surface area contributed by atoms with Crippen LogP contribution in [0.15, 0.2) is 23.2 Å². The SMILES string of the molecule is N=C(N=C(N)N)SCc1cccc(Cl)c1Cl. The Hall–Kier alpha value is -0.910. The van der Waals surface area contributed by atoms with Gasteiger partial charge in [-0.15, -0.1) is 0 Å². The van der Waals surface area contributed by atoms with Gasteiger partial charge in [-0.2, -0.15) is 4.99 Å². The van der Waals surface area contributed by atoms with Crippen LogP contribution in [-0.2, 0) is 5.75 Å². The van der Waals surface area contributed by atoms with Crippen molar-refractivity contribution in [2.45, 2.75) is 5.75 Å². The topological polar surface area (TPSA) is 88.2 Å². The predicted molar refractivity (Wildman–Crippen MR) is 71.3 cm³/mol. The van der Waals surface area contributed by atoms with Crippen molar-refractivity contribution in [1.29, 1.82) is 5.41 Å². The van der Waals surface area contributed by atoms with E-state index in [1.54, 1.807) is 12.1 Å². The van der Waals surface area contributed by atoms with Crippen LogP contribution < -0.4 is 11.5 Å². The smallest absolute Gasteiger partial charge is 0.193 e. The van der Waals surface area contributed by atoms with Gasteiger partial charge in [-0.1, -0.05) is 47.1 Å². The number of hydrogen-bond acceptors (Lipinski definition) is 2. The van der Waals surface area contributed by atoms with Gasteiger partial charge in [0, 0.05) is 5.75 Å². The van der Waals surface area contributed by atoms with Crippen LogP contribution in [0, 0.1) is 5.41 Å². The number of nitrogens with zero attached hydrogens (tertiary/aromatic N) is 1. The lowest BCUT2D eigenvalue weighted by Crippen LogP contribution is -2.23. The second-order valence-electron chi connectivity index (χ2n) is 2.84. The zero-order valence-corrected chi connectivity index (χ0v) is 10.5. The Kier molecular flexibility index (Phi) is 4.92. The number of rotatable bonds is 2. The number of aliphatic imine (C=N–C) groups is 1. The average molecular weight is 277 g/mol. The molecular formula is C9H10Cl2N4S. The third-order valence-electron chi connectivity index (χ3n) is 1.63. The second kappa shape index (κ2) is 5.98. The summed E-state index contributed by atoms with van der Waals surface area (Å²) in [7, 11) is 0. The molecule has 4 nitrogen and oxygen atoms in total. The van der Waals surface area contributed by atoms with Gasteiger partial charge < -0.3 is 11.5 Å². The maximum atomic E-state index is 7.43. The minimum absolute atomic E-state index is 0.0380. The molecule has 1 aromatic carbocycles. The normalized spacial score (nSPS) is 9.88. The molecule has 0 radical (unpaired) electrons. The van der Waals surface area contributed by atoms with Gasteiger partial charge in [0.05, 0.1) is 10.0 Å². The first-order chi connectivity index (χ1) is 7.50. The summed E-state index contributed by atoms with van der Waals surface area (Å²) in [5.41, 5.74) is 11.1. The Morgan fingerprint density at radius 3 is 2.69 bits per heavy atom. The van der Waals surface area contributed by atoms with Crippen LogP contribution in [0.3, 0.4) is 0 Å². The lowest BCUT2D eigenvalue weighted by atomic mass is 10.2. The number of nitrogens with one attached hydrogen (secondary N) is 1. The predicted octanol–water partition coefficient (Wildman–Crippen LogP) is 2.43. The highest BCUT2D eigenvalue weighted by molar-refractivity contribution is 8.13. The first-order valence-electron chi connectivity index (χ1n) is 4.24. The van der Waals surface area contributed by atoms with E-state index in [1.807, 2.05) is 6.07 Å². The van der Waals surface area contributed by atoms with E-state index in [0.717, 1.165) is 5.56 Å². The molecule has 0 amide bonds. The van der Waals surface area contributed by atoms with Gasteiger partial charge in [0.2, 0.25) is 0 Å². The molecule has 0 aliphatic heterocycles. The van der Waals surface area contributed by atoms with Gasteiger partial charge in [-0.25, -0.2) is 0 Å². The van der Waals surface area contributed by atoms with Crippen molar-refractivity contribution in [3.05, 3.63) is 33.8 Å². The molecule has 0 fully saturated rings. The van der Waals surface area contributed by atoms with E-state index >= 15 is 0 Å². The molecule has 0 saturated carbocycles. The molecule has 5 N–H and O–H groups in total. The molecule has 0 aromatic heterocycles. The number of guanidine groups is 1. The molecule has 0 aliphatic carbocycles. The van der Waals surface area contributed by atoms with E-state index in [9.17, 15) is 0 Å². The molecule has 16 heavy (non-hydrogen) atoms. The number of thioether (sulfide) groups is 1. The highest BCUT2D eigenvalue weighted by Crippen LogP contribution is 2.28. The van der Waals surface area contributed by atoms with Gasteiger partial charge in [0.25, 0.3) is 0 Å². The molecule has 0 saturated heterocycles. The first kappa shape index (κ1) is 13.2. The van der Waals surface area contributed by atoms with Crippen LogP contribution in [0.4, 0.5) is 0 Å². The maximum absolute atomic E-state index is 7.43. The number of halogens is 2. The van der Waals surface area contributed by atoms with Crippen molar-refractivity contribution in [2.75, 3.05) is 0 Å². The molecule has 1 aromatic rings. The summed E-state index contributed by atoms with van der Waals surface area (Å²) < 4.78 is 0. The number of amidine groups is 1. The Balaban J connectivity index is 2.65. The van der Waals surface area contributed by atoms with Crippen molar-refractivity contribution in [2.24, 2.45) is 16.5 Å². The minimum Gasteiger partial charge on any atom is -0.370 e. The number of benzene rings is 1. The van der Waals surface area contributed by atoms with Crippen LogP contribution >= 0.6 is 35.0 Å². The van der Waals surface area contributed by atoms with E-state index in [0.29, 0.717) is 15.8 Å². The monoisotopic (exact) mass is 276 g/mol. The summed E-state index contributed by atoms with van der Waals surface area (Å²) in [6, 6.07) is 5.34. The molecule has 0 heterocycles. The molecule has 7 heteroatoms. The van der Waals surface area contributed by atoms with Crippen LogP contribution in [0.25, 0.3) is 0 Å². The zero-order valence-electron chi connectivity index (χ0n) is 8.21. The fraction of sp³-hybridized carbons (Fsp3) is 0.111. The molecule has 0 atom stereocenters.